The lowest BCUT2D eigenvalue weighted by Gasteiger charge is -2.20. The lowest BCUT2D eigenvalue weighted by atomic mass is 10.1. The topological polar surface area (TPSA) is 75.4 Å². The molecule has 0 aliphatic carbocycles. The number of nitrogens with two attached hydrogens (primary N) is 1. The lowest BCUT2D eigenvalue weighted by molar-refractivity contribution is -0.116. The largest absolute Gasteiger partial charge is 0.399 e. The Labute approximate surface area is 160 Å². The summed E-state index contributed by atoms with van der Waals surface area (Å²) in [4.78, 5) is 26.7. The first kappa shape index (κ1) is 19.0. The maximum Gasteiger partial charge on any atom is 0.253 e. The van der Waals surface area contributed by atoms with E-state index >= 15 is 0 Å². The third-order valence-electron chi connectivity index (χ3n) is 4.99. The molecular weight excluding hydrogens is 338 g/mol. The number of para-hydroxylation sites is 1. The molecule has 0 spiro atoms. The van der Waals surface area contributed by atoms with Crippen LogP contribution >= 0.6 is 0 Å². The van der Waals surface area contributed by atoms with E-state index in [1.807, 2.05) is 29.2 Å². The number of anilines is 2. The van der Waals surface area contributed by atoms with E-state index in [1.165, 1.54) is 12.8 Å². The minimum Gasteiger partial charge on any atom is -0.399 e. The van der Waals surface area contributed by atoms with Crippen LogP contribution in [-0.2, 0) is 11.2 Å². The lowest BCUT2D eigenvalue weighted by Crippen LogP contribution is -2.31. The minimum atomic E-state index is -0.0650. The zero-order valence-corrected chi connectivity index (χ0v) is 15.6. The number of nitrogens with one attached hydrogen (secondary N) is 1. The molecule has 5 nitrogen and oxygen atoms in total. The maximum atomic E-state index is 12.6. The predicted octanol–water partition coefficient (Wildman–Crippen LogP) is 3.86. The molecule has 2 aromatic carbocycles. The van der Waals surface area contributed by atoms with Crippen molar-refractivity contribution in [1.29, 1.82) is 0 Å². The Balaban J connectivity index is 1.53. The van der Waals surface area contributed by atoms with Crippen LogP contribution in [0, 0.1) is 0 Å². The van der Waals surface area contributed by atoms with E-state index in [4.69, 9.17) is 5.73 Å². The highest BCUT2D eigenvalue weighted by Gasteiger charge is 2.17. The Hall–Kier alpha value is -2.82. The number of carbonyl (C=O) groups excluding carboxylic acids is 2. The molecule has 0 radical (unpaired) electrons. The van der Waals surface area contributed by atoms with E-state index in [2.05, 4.69) is 5.32 Å². The average Bonchev–Trinajstić information content (AvgIpc) is 2.97. The van der Waals surface area contributed by atoms with Crippen LogP contribution in [0.25, 0.3) is 0 Å². The predicted molar refractivity (Wildman–Crippen MR) is 109 cm³/mol. The molecule has 1 saturated heterocycles. The van der Waals surface area contributed by atoms with Crippen LogP contribution in [0.2, 0.25) is 0 Å². The second-order valence-electron chi connectivity index (χ2n) is 7.03. The summed E-state index contributed by atoms with van der Waals surface area (Å²) in [6.07, 6.45) is 5.51. The van der Waals surface area contributed by atoms with Crippen molar-refractivity contribution >= 4 is 23.2 Å². The normalized spacial score (nSPS) is 14.4. The molecule has 2 amide bonds. The molecular formula is C22H27N3O2. The molecule has 5 heteroatoms. The van der Waals surface area contributed by atoms with Gasteiger partial charge in [-0.15, -0.1) is 0 Å². The summed E-state index contributed by atoms with van der Waals surface area (Å²) >= 11 is 0. The molecule has 1 aliphatic heterocycles. The molecule has 1 fully saturated rings. The van der Waals surface area contributed by atoms with E-state index in [-0.39, 0.29) is 11.8 Å². The first-order valence-electron chi connectivity index (χ1n) is 9.66. The standard InChI is InChI=1S/C22H27N3O2/c23-20-8-4-3-7-17(20)11-14-21(26)24-19-12-9-18(10-13-19)22(27)25-15-5-1-2-6-16-25/h3-4,7-10,12-13H,1-2,5-6,11,14-16,23H2,(H,24,26). The van der Waals surface area contributed by atoms with E-state index in [9.17, 15) is 9.59 Å². The second kappa shape index (κ2) is 9.21. The van der Waals surface area contributed by atoms with Crippen molar-refractivity contribution in [3.63, 3.8) is 0 Å². The average molecular weight is 365 g/mol. The van der Waals surface area contributed by atoms with Crippen LogP contribution in [0.1, 0.15) is 48.0 Å². The van der Waals surface area contributed by atoms with Gasteiger partial charge < -0.3 is 16.0 Å². The van der Waals surface area contributed by atoms with Gasteiger partial charge in [0.1, 0.15) is 0 Å². The Morgan fingerprint density at radius 1 is 0.926 bits per heavy atom. The van der Waals surface area contributed by atoms with Gasteiger partial charge in [0.15, 0.2) is 0 Å². The van der Waals surface area contributed by atoms with Crippen LogP contribution < -0.4 is 11.1 Å². The summed E-state index contributed by atoms with van der Waals surface area (Å²) in [7, 11) is 0. The molecule has 0 bridgehead atoms. The number of hydrogen-bond acceptors (Lipinski definition) is 3. The number of nitrogen functional groups attached to an aromatic ring is 1. The molecule has 27 heavy (non-hydrogen) atoms. The third kappa shape index (κ3) is 5.33. The number of likely N-dealkylation sites (tertiary alicyclic amines) is 1. The van der Waals surface area contributed by atoms with Gasteiger partial charge in [0.25, 0.3) is 5.91 Å². The van der Waals surface area contributed by atoms with Gasteiger partial charge in [-0.1, -0.05) is 31.0 Å². The van der Waals surface area contributed by atoms with Crippen LogP contribution in [-0.4, -0.2) is 29.8 Å². The molecule has 3 rings (SSSR count). The Morgan fingerprint density at radius 3 is 2.26 bits per heavy atom. The molecule has 2 aromatic rings. The van der Waals surface area contributed by atoms with Gasteiger partial charge in [-0.25, -0.2) is 0 Å². The Kier molecular flexibility index (Phi) is 6.47. The van der Waals surface area contributed by atoms with Crippen LogP contribution in [0.3, 0.4) is 0 Å². The molecule has 142 valence electrons. The van der Waals surface area contributed by atoms with E-state index in [1.54, 1.807) is 24.3 Å². The monoisotopic (exact) mass is 365 g/mol. The van der Waals surface area contributed by atoms with Crippen LogP contribution in [0.4, 0.5) is 11.4 Å². The van der Waals surface area contributed by atoms with Gasteiger partial charge >= 0.3 is 0 Å². The summed E-state index contributed by atoms with van der Waals surface area (Å²) < 4.78 is 0. The van der Waals surface area contributed by atoms with Gasteiger partial charge in [0.2, 0.25) is 5.91 Å². The molecule has 0 aromatic heterocycles. The number of aryl methyl sites for hydroxylation is 1. The first-order valence-corrected chi connectivity index (χ1v) is 9.66. The zero-order chi connectivity index (χ0) is 19.1. The van der Waals surface area contributed by atoms with E-state index in [0.717, 1.165) is 31.5 Å². The van der Waals surface area contributed by atoms with Crippen molar-refractivity contribution in [3.8, 4) is 0 Å². The Morgan fingerprint density at radius 2 is 1.59 bits per heavy atom. The van der Waals surface area contributed by atoms with E-state index < -0.39 is 0 Å². The number of hydrogen-bond donors (Lipinski definition) is 2. The van der Waals surface area contributed by atoms with Crippen LogP contribution in [0.5, 0.6) is 0 Å². The first-order chi connectivity index (χ1) is 13.1. The summed E-state index contributed by atoms with van der Waals surface area (Å²) in [6.45, 7) is 1.67. The van der Waals surface area contributed by atoms with Crippen LogP contribution in [0.15, 0.2) is 48.5 Å². The van der Waals surface area contributed by atoms with Crippen molar-refractivity contribution in [2.24, 2.45) is 0 Å². The number of benzene rings is 2. The Bertz CT molecular complexity index is 778. The van der Waals surface area contributed by atoms with E-state index in [0.29, 0.717) is 29.8 Å². The van der Waals surface area contributed by atoms with Crippen molar-refractivity contribution in [3.05, 3.63) is 59.7 Å². The fraction of sp³-hybridized carbons (Fsp3) is 0.364. The molecule has 1 heterocycles. The quantitative estimate of drug-likeness (QED) is 0.790. The fourth-order valence-electron chi connectivity index (χ4n) is 3.39. The molecule has 0 atom stereocenters. The highest BCUT2D eigenvalue weighted by molar-refractivity contribution is 5.96. The van der Waals surface area contributed by atoms with Gasteiger partial charge in [0, 0.05) is 36.4 Å². The van der Waals surface area contributed by atoms with Gasteiger partial charge in [-0.05, 0) is 55.2 Å². The molecule has 0 saturated carbocycles. The number of rotatable bonds is 5. The van der Waals surface area contributed by atoms with Gasteiger partial charge in [0.05, 0.1) is 0 Å². The number of carbonyl (C=O) groups is 2. The van der Waals surface area contributed by atoms with Gasteiger partial charge in [-0.2, -0.15) is 0 Å². The van der Waals surface area contributed by atoms with Crippen molar-refractivity contribution in [2.45, 2.75) is 38.5 Å². The highest BCUT2D eigenvalue weighted by Crippen LogP contribution is 2.17. The molecule has 0 unspecified atom stereocenters. The van der Waals surface area contributed by atoms with Crippen molar-refractivity contribution < 1.29 is 9.59 Å². The highest BCUT2D eigenvalue weighted by atomic mass is 16.2. The van der Waals surface area contributed by atoms with Gasteiger partial charge in [-0.3, -0.25) is 9.59 Å². The van der Waals surface area contributed by atoms with Crippen molar-refractivity contribution in [1.82, 2.24) is 4.90 Å². The maximum absolute atomic E-state index is 12.6. The third-order valence-corrected chi connectivity index (χ3v) is 4.99. The SMILES string of the molecule is Nc1ccccc1CCC(=O)Nc1ccc(C(=O)N2CCCCCC2)cc1. The smallest absolute Gasteiger partial charge is 0.253 e. The fourth-order valence-corrected chi connectivity index (χ4v) is 3.39. The zero-order valence-electron chi connectivity index (χ0n) is 15.6. The minimum absolute atomic E-state index is 0.0650. The summed E-state index contributed by atoms with van der Waals surface area (Å²) in [6, 6.07) is 14.7. The number of nitrogens with zero attached hydrogens (tertiary/aromatic N) is 1. The summed E-state index contributed by atoms with van der Waals surface area (Å²) in [5.41, 5.74) is 8.97. The van der Waals surface area contributed by atoms with Crippen molar-refractivity contribution in [2.75, 3.05) is 24.1 Å². The molecule has 3 N–H and O–H groups in total. The molecule has 1 aliphatic rings. The number of amides is 2. The second-order valence-corrected chi connectivity index (χ2v) is 7.03. The summed E-state index contributed by atoms with van der Waals surface area (Å²) in [5, 5.41) is 2.88. The summed E-state index contributed by atoms with van der Waals surface area (Å²) in [5.74, 6) is 0.0131.